The molecule has 0 radical (unpaired) electrons. The minimum absolute atomic E-state index is 0.0420. The molecule has 2 aromatic rings. The molecule has 7 heteroatoms. The third-order valence-electron chi connectivity index (χ3n) is 2.83. The van der Waals surface area contributed by atoms with Crippen molar-refractivity contribution in [3.05, 3.63) is 52.8 Å². The van der Waals surface area contributed by atoms with Gasteiger partial charge < -0.3 is 5.32 Å². The maximum Gasteiger partial charge on any atom is 0.238 e. The van der Waals surface area contributed by atoms with Gasteiger partial charge in [0.15, 0.2) is 0 Å². The van der Waals surface area contributed by atoms with E-state index in [-0.39, 0.29) is 10.9 Å². The van der Waals surface area contributed by atoms with E-state index >= 15 is 0 Å². The van der Waals surface area contributed by atoms with Crippen LogP contribution in [0.2, 0.25) is 0 Å². The Morgan fingerprint density at radius 2 is 2.10 bits per heavy atom. The lowest BCUT2D eigenvalue weighted by atomic mass is 10.1. The molecule has 0 saturated heterocycles. The van der Waals surface area contributed by atoms with E-state index in [9.17, 15) is 8.42 Å². The number of nitrogens with one attached hydrogen (secondary N) is 1. The van der Waals surface area contributed by atoms with Gasteiger partial charge in [0.2, 0.25) is 10.0 Å². The summed E-state index contributed by atoms with van der Waals surface area (Å²) in [6, 6.07) is 8.51. The number of aromatic nitrogens is 1. The van der Waals surface area contributed by atoms with Crippen LogP contribution < -0.4 is 10.5 Å². The second kappa shape index (κ2) is 5.90. The van der Waals surface area contributed by atoms with Crippen molar-refractivity contribution in [3.63, 3.8) is 0 Å². The number of halogens is 1. The monoisotopic (exact) mass is 355 g/mol. The zero-order valence-corrected chi connectivity index (χ0v) is 13.1. The minimum Gasteiger partial charge on any atom is -0.378 e. The molecule has 1 unspecified atom stereocenters. The zero-order chi connectivity index (χ0) is 14.8. The van der Waals surface area contributed by atoms with E-state index in [4.69, 9.17) is 5.14 Å². The van der Waals surface area contributed by atoms with Crippen LogP contribution in [0.5, 0.6) is 0 Å². The molecule has 1 heterocycles. The van der Waals surface area contributed by atoms with Gasteiger partial charge in [-0.1, -0.05) is 6.07 Å². The summed E-state index contributed by atoms with van der Waals surface area (Å²) >= 11 is 3.34. The van der Waals surface area contributed by atoms with Crippen molar-refractivity contribution < 1.29 is 8.42 Å². The topological polar surface area (TPSA) is 85.1 Å². The Balaban J connectivity index is 2.23. The van der Waals surface area contributed by atoms with Gasteiger partial charge in [0.25, 0.3) is 0 Å². The van der Waals surface area contributed by atoms with E-state index < -0.39 is 10.0 Å². The lowest BCUT2D eigenvalue weighted by molar-refractivity contribution is 0.598. The van der Waals surface area contributed by atoms with Crippen LogP contribution in [0.4, 0.5) is 5.69 Å². The van der Waals surface area contributed by atoms with Crippen molar-refractivity contribution in [3.8, 4) is 0 Å². The van der Waals surface area contributed by atoms with E-state index in [1.54, 1.807) is 18.5 Å². The van der Waals surface area contributed by atoms with Crippen LogP contribution >= 0.6 is 15.9 Å². The Morgan fingerprint density at radius 3 is 2.65 bits per heavy atom. The first-order valence-corrected chi connectivity index (χ1v) is 8.20. The van der Waals surface area contributed by atoms with Crippen LogP contribution in [0.25, 0.3) is 0 Å². The van der Waals surface area contributed by atoms with Crippen LogP contribution in [-0.2, 0) is 10.0 Å². The Morgan fingerprint density at radius 1 is 1.35 bits per heavy atom. The maximum absolute atomic E-state index is 11.3. The van der Waals surface area contributed by atoms with Crippen molar-refractivity contribution >= 4 is 31.6 Å². The number of rotatable bonds is 4. The van der Waals surface area contributed by atoms with Crippen molar-refractivity contribution in [1.29, 1.82) is 0 Å². The van der Waals surface area contributed by atoms with Gasteiger partial charge in [0.1, 0.15) is 0 Å². The summed E-state index contributed by atoms with van der Waals surface area (Å²) in [7, 11) is -3.69. The molecule has 0 bridgehead atoms. The highest BCUT2D eigenvalue weighted by Crippen LogP contribution is 2.28. The van der Waals surface area contributed by atoms with Gasteiger partial charge in [-0.25, -0.2) is 13.6 Å². The Labute approximate surface area is 126 Å². The number of nitrogens with two attached hydrogens (primary N) is 1. The predicted octanol–water partition coefficient (Wildman–Crippen LogP) is 2.66. The summed E-state index contributed by atoms with van der Waals surface area (Å²) in [5.74, 6) is 0. The molecule has 2 rings (SSSR count). The van der Waals surface area contributed by atoms with Gasteiger partial charge in [0, 0.05) is 22.6 Å². The lowest BCUT2D eigenvalue weighted by Gasteiger charge is -2.16. The second-order valence-electron chi connectivity index (χ2n) is 4.34. The number of hydrogen-bond acceptors (Lipinski definition) is 4. The highest BCUT2D eigenvalue weighted by atomic mass is 79.9. The molecule has 0 aliphatic heterocycles. The van der Waals surface area contributed by atoms with E-state index in [0.29, 0.717) is 4.47 Å². The first-order valence-electron chi connectivity index (χ1n) is 5.87. The van der Waals surface area contributed by atoms with Crippen LogP contribution in [0.3, 0.4) is 0 Å². The summed E-state index contributed by atoms with van der Waals surface area (Å²) in [4.78, 5) is 4.14. The van der Waals surface area contributed by atoms with Gasteiger partial charge in [-0.2, -0.15) is 0 Å². The van der Waals surface area contributed by atoms with Crippen LogP contribution in [-0.4, -0.2) is 13.4 Å². The Hall–Kier alpha value is -1.44. The molecule has 0 spiro atoms. The van der Waals surface area contributed by atoms with Gasteiger partial charge in [-0.05, 0) is 52.7 Å². The molecule has 5 nitrogen and oxygen atoms in total. The number of anilines is 1. The van der Waals surface area contributed by atoms with E-state index in [2.05, 4.69) is 26.2 Å². The summed E-state index contributed by atoms with van der Waals surface area (Å²) in [6.07, 6.45) is 3.50. The van der Waals surface area contributed by atoms with Crippen LogP contribution in [0.1, 0.15) is 18.5 Å². The minimum atomic E-state index is -3.69. The van der Waals surface area contributed by atoms with Crippen molar-refractivity contribution in [2.75, 3.05) is 5.32 Å². The Kier molecular flexibility index (Phi) is 4.42. The second-order valence-corrected chi connectivity index (χ2v) is 6.75. The lowest BCUT2D eigenvalue weighted by Crippen LogP contribution is -2.13. The summed E-state index contributed by atoms with van der Waals surface area (Å²) < 4.78 is 23.2. The molecular formula is C13H14BrN3O2S. The van der Waals surface area contributed by atoms with Crippen LogP contribution in [0.15, 0.2) is 52.1 Å². The molecule has 1 aromatic carbocycles. The number of primary sulfonamides is 1. The fourth-order valence-corrected chi connectivity index (χ4v) is 2.92. The first kappa shape index (κ1) is 15.0. The number of pyridine rings is 1. The van der Waals surface area contributed by atoms with Gasteiger partial charge in [-0.3, -0.25) is 4.98 Å². The maximum atomic E-state index is 11.3. The molecule has 0 aliphatic rings. The smallest absolute Gasteiger partial charge is 0.238 e. The third-order valence-corrected chi connectivity index (χ3v) is 4.39. The van der Waals surface area contributed by atoms with E-state index in [1.807, 2.05) is 19.1 Å². The molecule has 106 valence electrons. The molecule has 0 aliphatic carbocycles. The summed E-state index contributed by atoms with van der Waals surface area (Å²) in [6.45, 7) is 2.00. The normalized spacial score (nSPS) is 12.9. The predicted molar refractivity (Wildman–Crippen MR) is 81.8 cm³/mol. The van der Waals surface area contributed by atoms with Crippen molar-refractivity contribution in [1.82, 2.24) is 4.98 Å². The summed E-state index contributed by atoms with van der Waals surface area (Å²) in [5, 5.41) is 8.37. The fraction of sp³-hybridized carbons (Fsp3) is 0.154. The molecule has 3 N–H and O–H groups in total. The van der Waals surface area contributed by atoms with Gasteiger partial charge >= 0.3 is 0 Å². The molecule has 1 aromatic heterocycles. The number of benzene rings is 1. The fourth-order valence-electron chi connectivity index (χ4n) is 1.74. The van der Waals surface area contributed by atoms with Crippen molar-refractivity contribution in [2.24, 2.45) is 5.14 Å². The molecule has 0 fully saturated rings. The standard InChI is InChI=1S/C13H14BrN3O2S/c1-9(10-3-2-6-16-8-10)17-13-5-4-11(7-12(13)14)20(15,18)19/h2-9,17H,1H3,(H2,15,18,19). The largest absolute Gasteiger partial charge is 0.378 e. The average Bonchev–Trinajstić information content (AvgIpc) is 2.41. The molecule has 0 saturated carbocycles. The van der Waals surface area contributed by atoms with Gasteiger partial charge in [0.05, 0.1) is 10.9 Å². The average molecular weight is 356 g/mol. The van der Waals surface area contributed by atoms with E-state index in [0.717, 1.165) is 11.3 Å². The van der Waals surface area contributed by atoms with Crippen molar-refractivity contribution in [2.45, 2.75) is 17.9 Å². The van der Waals surface area contributed by atoms with E-state index in [1.165, 1.54) is 12.1 Å². The molecule has 1 atom stereocenters. The number of sulfonamides is 1. The Bertz CT molecular complexity index is 705. The molecular weight excluding hydrogens is 342 g/mol. The van der Waals surface area contributed by atoms with Crippen LogP contribution in [0, 0.1) is 0 Å². The number of nitrogens with zero attached hydrogens (tertiary/aromatic N) is 1. The third kappa shape index (κ3) is 3.56. The molecule has 0 amide bonds. The van der Waals surface area contributed by atoms with Gasteiger partial charge in [-0.15, -0.1) is 0 Å². The quantitative estimate of drug-likeness (QED) is 0.882. The highest BCUT2D eigenvalue weighted by Gasteiger charge is 2.12. The molecule has 20 heavy (non-hydrogen) atoms. The first-order chi connectivity index (χ1) is 9.38. The zero-order valence-electron chi connectivity index (χ0n) is 10.7. The SMILES string of the molecule is CC(Nc1ccc(S(N)(=O)=O)cc1Br)c1cccnc1. The number of hydrogen-bond donors (Lipinski definition) is 2. The summed E-state index contributed by atoms with van der Waals surface area (Å²) in [5.41, 5.74) is 1.82. The highest BCUT2D eigenvalue weighted by molar-refractivity contribution is 9.10.